The lowest BCUT2D eigenvalue weighted by Gasteiger charge is -2.36. The molecule has 3 nitrogen and oxygen atoms in total. The largest absolute Gasteiger partial charge is 0.541 e. The maximum atomic E-state index is 6.47. The lowest BCUT2D eigenvalue weighted by atomic mass is 10.1. The van der Waals surface area contributed by atoms with E-state index in [-0.39, 0.29) is 5.04 Å². The molecule has 0 saturated carbocycles. The van der Waals surface area contributed by atoms with Crippen LogP contribution in [0.15, 0.2) is 36.8 Å². The molecule has 0 aliphatic carbocycles. The molecule has 0 atom stereocenters. The van der Waals surface area contributed by atoms with Gasteiger partial charge in [-0.15, -0.1) is 0 Å². The molecule has 0 radical (unpaired) electrons. The Morgan fingerprint density at radius 2 is 1.50 bits per heavy atom. The van der Waals surface area contributed by atoms with E-state index in [0.29, 0.717) is 0 Å². The van der Waals surface area contributed by atoms with Crippen LogP contribution in [-0.2, 0) is 0 Å². The Morgan fingerprint density at radius 3 is 2.00 bits per heavy atom. The lowest BCUT2D eigenvalue weighted by molar-refractivity contribution is 0.490. The van der Waals surface area contributed by atoms with E-state index in [2.05, 4.69) is 87.7 Å². The second-order valence-electron chi connectivity index (χ2n) is 8.93. The van der Waals surface area contributed by atoms with Crippen molar-refractivity contribution >= 4 is 21.6 Å². The van der Waals surface area contributed by atoms with Crippen molar-refractivity contribution in [3.63, 3.8) is 0 Å². The lowest BCUT2D eigenvalue weighted by Crippen LogP contribution is -2.44. The van der Waals surface area contributed by atoms with Crippen LogP contribution in [0.5, 0.6) is 5.75 Å². The summed E-state index contributed by atoms with van der Waals surface area (Å²) >= 11 is 0. The quantitative estimate of drug-likeness (QED) is 0.715. The van der Waals surface area contributed by atoms with Crippen molar-refractivity contribution in [2.45, 2.75) is 58.5 Å². The molecule has 0 spiro atoms. The second kappa shape index (κ2) is 6.44. The Hall–Kier alpha value is -1.47. The van der Waals surface area contributed by atoms with Crippen LogP contribution in [0.1, 0.15) is 20.8 Å². The first kappa shape index (κ1) is 18.9. The van der Waals surface area contributed by atoms with Gasteiger partial charge >= 0.3 is 0 Å². The number of nitrogens with zero attached hydrogens (tertiary/aromatic N) is 2. The first-order chi connectivity index (χ1) is 10.9. The molecule has 0 amide bonds. The maximum Gasteiger partial charge on any atom is 0.250 e. The number of benzene rings is 1. The number of hydrogen-bond donors (Lipinski definition) is 0. The molecule has 0 fully saturated rings. The Kier molecular flexibility index (Phi) is 5.07. The number of rotatable bonds is 4. The predicted molar refractivity (Wildman–Crippen MR) is 108 cm³/mol. The predicted octanol–water partition coefficient (Wildman–Crippen LogP) is 5.07. The first-order valence-electron chi connectivity index (χ1n) is 8.52. The molecule has 2 rings (SSSR count). The molecule has 0 bridgehead atoms. The summed E-state index contributed by atoms with van der Waals surface area (Å²) in [5.74, 6) is 0.796. The van der Waals surface area contributed by atoms with Crippen molar-refractivity contribution in [1.29, 1.82) is 0 Å². The molecule has 5 heteroatoms. The fourth-order valence-corrected chi connectivity index (χ4v) is 4.34. The van der Waals surface area contributed by atoms with Gasteiger partial charge in [0.05, 0.1) is 14.3 Å². The molecule has 0 unspecified atom stereocenters. The van der Waals surface area contributed by atoms with Crippen LogP contribution in [0.3, 0.4) is 0 Å². The summed E-state index contributed by atoms with van der Waals surface area (Å²) in [7, 11) is -3.21. The van der Waals surface area contributed by atoms with E-state index in [1.165, 1.54) is 5.19 Å². The van der Waals surface area contributed by atoms with Gasteiger partial charge in [-0.25, -0.2) is 9.97 Å². The standard InChI is InChI=1S/C19H30N2OSi2/c1-19(2,3)24(7,8)22-17-13-20-14-21-18(17)15-9-11-16(12-10-15)23(4,5)6/h9-14H,1-8H3. The third-order valence-corrected chi connectivity index (χ3v) is 11.3. The third-order valence-electron chi connectivity index (χ3n) is 4.87. The molecule has 0 saturated heterocycles. The summed E-state index contributed by atoms with van der Waals surface area (Å²) in [6.07, 6.45) is 3.40. The van der Waals surface area contributed by atoms with E-state index in [1.54, 1.807) is 12.5 Å². The third kappa shape index (κ3) is 4.13. The van der Waals surface area contributed by atoms with Crippen LogP contribution < -0.4 is 9.61 Å². The number of aromatic nitrogens is 2. The van der Waals surface area contributed by atoms with Gasteiger partial charge in [-0.2, -0.15) is 0 Å². The normalized spacial score (nSPS) is 13.0. The zero-order valence-corrected chi connectivity index (χ0v) is 18.3. The molecular weight excluding hydrogens is 328 g/mol. The highest BCUT2D eigenvalue weighted by Crippen LogP contribution is 2.39. The molecule has 0 N–H and O–H groups in total. The average molecular weight is 359 g/mol. The van der Waals surface area contributed by atoms with E-state index in [4.69, 9.17) is 4.43 Å². The van der Waals surface area contributed by atoms with Crippen LogP contribution in [-0.4, -0.2) is 26.4 Å². The van der Waals surface area contributed by atoms with Crippen LogP contribution in [0.4, 0.5) is 0 Å². The van der Waals surface area contributed by atoms with Crippen LogP contribution in [0.25, 0.3) is 11.3 Å². The summed E-state index contributed by atoms with van der Waals surface area (Å²) in [5, 5.41) is 1.59. The topological polar surface area (TPSA) is 35.0 Å². The molecule has 1 aromatic heterocycles. The molecule has 0 aliphatic rings. The van der Waals surface area contributed by atoms with Crippen molar-refractivity contribution in [2.24, 2.45) is 0 Å². The minimum atomic E-state index is -1.92. The Morgan fingerprint density at radius 1 is 0.917 bits per heavy atom. The highest BCUT2D eigenvalue weighted by molar-refractivity contribution is 6.88. The monoisotopic (exact) mass is 358 g/mol. The summed E-state index contributed by atoms with van der Waals surface area (Å²) in [6.45, 7) is 18.3. The van der Waals surface area contributed by atoms with Crippen molar-refractivity contribution < 1.29 is 4.43 Å². The van der Waals surface area contributed by atoms with Gasteiger partial charge in [0.1, 0.15) is 17.8 Å². The van der Waals surface area contributed by atoms with E-state index in [9.17, 15) is 0 Å². The molecule has 130 valence electrons. The molecule has 1 aromatic carbocycles. The van der Waals surface area contributed by atoms with E-state index < -0.39 is 16.4 Å². The fourth-order valence-electron chi connectivity index (χ4n) is 2.16. The SMILES string of the molecule is CC(C)(C)[Si](C)(C)Oc1cncnc1-c1ccc([Si](C)(C)C)cc1. The number of hydrogen-bond acceptors (Lipinski definition) is 3. The van der Waals surface area contributed by atoms with E-state index in [1.807, 2.05) is 0 Å². The van der Waals surface area contributed by atoms with Gasteiger partial charge in [0.15, 0.2) is 0 Å². The van der Waals surface area contributed by atoms with Crippen LogP contribution >= 0.6 is 0 Å². The molecule has 2 aromatic rings. The van der Waals surface area contributed by atoms with Crippen LogP contribution in [0.2, 0.25) is 37.8 Å². The minimum absolute atomic E-state index is 0.141. The average Bonchev–Trinajstić information content (AvgIpc) is 2.45. The zero-order valence-electron chi connectivity index (χ0n) is 16.3. The van der Waals surface area contributed by atoms with E-state index >= 15 is 0 Å². The van der Waals surface area contributed by atoms with Gasteiger partial charge in [-0.3, -0.25) is 0 Å². The van der Waals surface area contributed by atoms with Crippen molar-refractivity contribution in [3.8, 4) is 17.0 Å². The van der Waals surface area contributed by atoms with Gasteiger partial charge < -0.3 is 4.43 Å². The van der Waals surface area contributed by atoms with Crippen molar-refractivity contribution in [3.05, 3.63) is 36.8 Å². The molecule has 0 aliphatic heterocycles. The first-order valence-corrected chi connectivity index (χ1v) is 14.9. The van der Waals surface area contributed by atoms with Crippen molar-refractivity contribution in [2.75, 3.05) is 0 Å². The van der Waals surface area contributed by atoms with Gasteiger partial charge in [-0.05, 0) is 18.1 Å². The highest BCUT2D eigenvalue weighted by Gasteiger charge is 2.39. The summed E-state index contributed by atoms with van der Waals surface area (Å²) < 4.78 is 6.47. The van der Waals surface area contributed by atoms with Gasteiger partial charge in [0, 0.05) is 5.56 Å². The highest BCUT2D eigenvalue weighted by atomic mass is 28.4. The maximum absolute atomic E-state index is 6.47. The molecule has 1 heterocycles. The smallest absolute Gasteiger partial charge is 0.250 e. The Balaban J connectivity index is 2.39. The summed E-state index contributed by atoms with van der Waals surface area (Å²) in [4.78, 5) is 8.69. The minimum Gasteiger partial charge on any atom is -0.541 e. The second-order valence-corrected chi connectivity index (χ2v) is 18.7. The molecular formula is C19H30N2OSi2. The Labute approximate surface area is 148 Å². The van der Waals surface area contributed by atoms with Gasteiger partial charge in [0.2, 0.25) is 0 Å². The summed E-state index contributed by atoms with van der Waals surface area (Å²) in [6, 6.07) is 8.79. The fraction of sp³-hybridized carbons (Fsp3) is 0.474. The summed E-state index contributed by atoms with van der Waals surface area (Å²) in [5.41, 5.74) is 1.98. The van der Waals surface area contributed by atoms with Crippen molar-refractivity contribution in [1.82, 2.24) is 9.97 Å². The molecule has 24 heavy (non-hydrogen) atoms. The zero-order chi connectivity index (χ0) is 18.2. The van der Waals surface area contributed by atoms with Crippen LogP contribution in [0, 0.1) is 0 Å². The van der Waals surface area contributed by atoms with Gasteiger partial charge in [0.25, 0.3) is 8.32 Å². The van der Waals surface area contributed by atoms with Gasteiger partial charge in [-0.1, -0.05) is 69.9 Å². The Bertz CT molecular complexity index is 699. The van der Waals surface area contributed by atoms with E-state index in [0.717, 1.165) is 17.0 Å².